The molecule has 0 aliphatic rings. The topological polar surface area (TPSA) is 131 Å². The lowest BCUT2D eigenvalue weighted by atomic mass is 10.1. The van der Waals surface area contributed by atoms with Gasteiger partial charge < -0.3 is 4.74 Å². The summed E-state index contributed by atoms with van der Waals surface area (Å²) in [7, 11) is 0. The summed E-state index contributed by atoms with van der Waals surface area (Å²) in [5, 5.41) is 20.0. The average Bonchev–Trinajstić information content (AvgIpc) is 2.43. The van der Waals surface area contributed by atoms with E-state index in [2.05, 4.69) is 0 Å². The first-order valence-electron chi connectivity index (χ1n) is 5.87. The smallest absolute Gasteiger partial charge is 0.313 e. The van der Waals surface area contributed by atoms with Crippen molar-refractivity contribution in [2.75, 3.05) is 0 Å². The largest absolute Gasteiger partial charge is 0.472 e. The van der Waals surface area contributed by atoms with Crippen LogP contribution in [0.4, 0.5) is 5.69 Å². The van der Waals surface area contributed by atoms with Gasteiger partial charge >= 0.3 is 5.69 Å². The first-order chi connectivity index (χ1) is 9.81. The van der Waals surface area contributed by atoms with Crippen LogP contribution in [0, 0.1) is 30.9 Å². The van der Waals surface area contributed by atoms with Crippen LogP contribution in [-0.4, -0.2) is 16.9 Å². The maximum atomic E-state index is 11.7. The normalized spacial score (nSPS) is 11.6. The Bertz CT molecular complexity index is 612. The van der Waals surface area contributed by atoms with Gasteiger partial charge in [-0.15, -0.1) is 0 Å². The van der Waals surface area contributed by atoms with Crippen molar-refractivity contribution in [1.82, 2.24) is 5.43 Å². The molecule has 8 nitrogen and oxygen atoms in total. The summed E-state index contributed by atoms with van der Waals surface area (Å²) in [4.78, 5) is 22.2. The predicted molar refractivity (Wildman–Crippen MR) is 82.1 cm³/mol. The van der Waals surface area contributed by atoms with E-state index in [4.69, 9.17) is 15.8 Å². The third kappa shape index (κ3) is 4.02. The zero-order valence-corrected chi connectivity index (χ0v) is 13.4. The fourth-order valence-electron chi connectivity index (χ4n) is 1.60. The fraction of sp³-hybridized carbons (Fsp3) is 0.333. The number of amides is 1. The number of halogens is 1. The van der Waals surface area contributed by atoms with E-state index < -0.39 is 16.9 Å². The van der Waals surface area contributed by atoms with Gasteiger partial charge in [-0.25, -0.2) is 5.84 Å². The number of rotatable bonds is 5. The van der Waals surface area contributed by atoms with Crippen LogP contribution in [-0.2, 0) is 4.79 Å². The molecule has 1 atom stereocenters. The zero-order valence-electron chi connectivity index (χ0n) is 11.3. The van der Waals surface area contributed by atoms with E-state index in [1.54, 1.807) is 13.8 Å². The Morgan fingerprint density at radius 3 is 2.62 bits per heavy atom. The molecule has 0 heterocycles. The molecule has 9 heteroatoms. The summed E-state index contributed by atoms with van der Waals surface area (Å²) in [6.45, 7) is 3.45. The van der Waals surface area contributed by atoms with Gasteiger partial charge in [-0.1, -0.05) is 13.8 Å². The van der Waals surface area contributed by atoms with Gasteiger partial charge in [0.1, 0.15) is 0 Å². The molecule has 1 aromatic rings. The van der Waals surface area contributed by atoms with E-state index in [1.807, 2.05) is 34.1 Å². The van der Waals surface area contributed by atoms with Crippen LogP contribution in [0.5, 0.6) is 5.75 Å². The number of nitriles is 1. The Hall–Kier alpha value is -1.93. The zero-order chi connectivity index (χ0) is 16.2. The fourth-order valence-corrected chi connectivity index (χ4v) is 2.34. The van der Waals surface area contributed by atoms with E-state index in [0.717, 1.165) is 6.07 Å². The SMILES string of the molecule is CC(C)C(Oc1c(I)cc(C#N)cc1[N+](=O)[O-])C(=O)NN. The molecule has 3 N–H and O–H groups in total. The molecular weight excluding hydrogens is 391 g/mol. The summed E-state index contributed by atoms with van der Waals surface area (Å²) < 4.78 is 5.87. The predicted octanol–water partition coefficient (Wildman–Crippen LogP) is 1.46. The van der Waals surface area contributed by atoms with Crippen LogP contribution in [0.25, 0.3) is 0 Å². The highest BCUT2D eigenvalue weighted by atomic mass is 127. The highest BCUT2D eigenvalue weighted by Gasteiger charge is 2.29. The van der Waals surface area contributed by atoms with Crippen molar-refractivity contribution < 1.29 is 14.5 Å². The minimum Gasteiger partial charge on any atom is -0.472 e. The number of ether oxygens (including phenoxy) is 1. The molecule has 0 bridgehead atoms. The monoisotopic (exact) mass is 404 g/mol. The van der Waals surface area contributed by atoms with Crippen molar-refractivity contribution in [2.45, 2.75) is 20.0 Å². The number of nitro benzene ring substituents is 1. The van der Waals surface area contributed by atoms with Crippen molar-refractivity contribution >= 4 is 34.2 Å². The molecule has 1 rings (SSSR count). The number of carbonyl (C=O) groups excluding carboxylic acids is 1. The Kier molecular flexibility index (Phi) is 5.86. The van der Waals surface area contributed by atoms with Gasteiger partial charge in [-0.2, -0.15) is 5.26 Å². The Labute approximate surface area is 134 Å². The summed E-state index contributed by atoms with van der Waals surface area (Å²) >= 11 is 1.82. The summed E-state index contributed by atoms with van der Waals surface area (Å²) in [6.07, 6.45) is -0.977. The van der Waals surface area contributed by atoms with E-state index >= 15 is 0 Å². The molecule has 0 saturated carbocycles. The highest BCUT2D eigenvalue weighted by Crippen LogP contribution is 2.35. The van der Waals surface area contributed by atoms with Gasteiger partial charge in [0.05, 0.1) is 20.1 Å². The number of hydrazine groups is 1. The van der Waals surface area contributed by atoms with Crippen LogP contribution >= 0.6 is 22.6 Å². The molecule has 0 fully saturated rings. The lowest BCUT2D eigenvalue weighted by Gasteiger charge is -2.21. The molecule has 0 aliphatic carbocycles. The van der Waals surface area contributed by atoms with Crippen molar-refractivity contribution in [3.63, 3.8) is 0 Å². The van der Waals surface area contributed by atoms with Crippen LogP contribution in [0.1, 0.15) is 19.4 Å². The van der Waals surface area contributed by atoms with Crippen LogP contribution in [0.3, 0.4) is 0 Å². The Morgan fingerprint density at radius 1 is 1.57 bits per heavy atom. The first kappa shape index (κ1) is 17.1. The van der Waals surface area contributed by atoms with Gasteiger partial charge in [0.2, 0.25) is 5.75 Å². The number of hydrogen-bond donors (Lipinski definition) is 2. The number of nitrogens with one attached hydrogen (secondary N) is 1. The number of nitrogens with zero attached hydrogens (tertiary/aromatic N) is 2. The molecule has 21 heavy (non-hydrogen) atoms. The van der Waals surface area contributed by atoms with Gasteiger partial charge in [0.25, 0.3) is 5.91 Å². The summed E-state index contributed by atoms with van der Waals surface area (Å²) in [5.74, 6) is 4.20. The third-order valence-corrected chi connectivity index (χ3v) is 3.40. The first-order valence-corrected chi connectivity index (χ1v) is 6.94. The molecule has 0 saturated heterocycles. The second-order valence-electron chi connectivity index (χ2n) is 4.47. The maximum absolute atomic E-state index is 11.7. The van der Waals surface area contributed by atoms with Gasteiger partial charge in [0.15, 0.2) is 6.10 Å². The summed E-state index contributed by atoms with van der Waals surface area (Å²) in [5.41, 5.74) is 1.74. The van der Waals surface area contributed by atoms with Crippen molar-refractivity contribution in [1.29, 1.82) is 5.26 Å². The number of hydrogen-bond acceptors (Lipinski definition) is 6. The lowest BCUT2D eigenvalue weighted by Crippen LogP contribution is -2.45. The molecule has 0 aromatic heterocycles. The Morgan fingerprint density at radius 2 is 2.19 bits per heavy atom. The molecular formula is C12H13IN4O4. The minimum absolute atomic E-state index is 0.0538. The molecule has 0 spiro atoms. The average molecular weight is 404 g/mol. The van der Waals surface area contributed by atoms with Crippen molar-refractivity contribution in [3.8, 4) is 11.8 Å². The van der Waals surface area contributed by atoms with Crippen molar-refractivity contribution in [2.24, 2.45) is 11.8 Å². The van der Waals surface area contributed by atoms with Gasteiger partial charge in [-0.05, 0) is 34.6 Å². The van der Waals surface area contributed by atoms with Crippen LogP contribution < -0.4 is 16.0 Å². The van der Waals surface area contributed by atoms with E-state index in [-0.39, 0.29) is 22.9 Å². The molecule has 1 aromatic carbocycles. The van der Waals surface area contributed by atoms with E-state index in [0.29, 0.717) is 3.57 Å². The van der Waals surface area contributed by atoms with Gasteiger partial charge in [0, 0.05) is 6.07 Å². The molecule has 112 valence electrons. The molecule has 1 unspecified atom stereocenters. The highest BCUT2D eigenvalue weighted by molar-refractivity contribution is 14.1. The second kappa shape index (κ2) is 7.19. The van der Waals surface area contributed by atoms with Crippen LogP contribution in [0.2, 0.25) is 0 Å². The molecule has 0 aliphatic heterocycles. The van der Waals surface area contributed by atoms with Crippen LogP contribution in [0.15, 0.2) is 12.1 Å². The molecule has 0 radical (unpaired) electrons. The van der Waals surface area contributed by atoms with Gasteiger partial charge in [-0.3, -0.25) is 20.3 Å². The maximum Gasteiger partial charge on any atom is 0.313 e. The standard InChI is InChI=1S/C12H13IN4O4/c1-6(2)10(12(18)16-15)21-11-8(13)3-7(5-14)4-9(11)17(19)20/h3-4,6,10H,15H2,1-2H3,(H,16,18). The number of nitro groups is 1. The number of nitrogens with two attached hydrogens (primary N) is 1. The second-order valence-corrected chi connectivity index (χ2v) is 5.63. The van der Waals surface area contributed by atoms with E-state index in [9.17, 15) is 14.9 Å². The molecule has 1 amide bonds. The quantitative estimate of drug-likeness (QED) is 0.251. The Balaban J connectivity index is 3.32. The van der Waals surface area contributed by atoms with Crippen molar-refractivity contribution in [3.05, 3.63) is 31.4 Å². The minimum atomic E-state index is -0.977. The lowest BCUT2D eigenvalue weighted by molar-refractivity contribution is -0.386. The number of benzene rings is 1. The van der Waals surface area contributed by atoms with E-state index in [1.165, 1.54) is 6.07 Å². The third-order valence-electron chi connectivity index (χ3n) is 2.60. The summed E-state index contributed by atoms with van der Waals surface area (Å²) in [6, 6.07) is 4.39. The number of carbonyl (C=O) groups is 1.